The van der Waals surface area contributed by atoms with Gasteiger partial charge in [-0.25, -0.2) is 8.78 Å². The van der Waals surface area contributed by atoms with Gasteiger partial charge < -0.3 is 10.2 Å². The molecule has 1 atom stereocenters. The molecule has 2 aromatic rings. The zero-order valence-corrected chi connectivity index (χ0v) is 18.4. The van der Waals surface area contributed by atoms with E-state index in [1.165, 1.54) is 12.2 Å². The third-order valence-corrected chi connectivity index (χ3v) is 5.57. The molecule has 1 unspecified atom stereocenters. The Kier molecular flexibility index (Phi) is 5.49. The molecule has 0 bridgehead atoms. The predicted octanol–water partition coefficient (Wildman–Crippen LogP) is 5.28. The monoisotopic (exact) mass is 436 g/mol. The number of benzene rings is 2. The van der Waals surface area contributed by atoms with E-state index in [4.69, 9.17) is 0 Å². The Morgan fingerprint density at radius 2 is 1.75 bits per heavy atom. The summed E-state index contributed by atoms with van der Waals surface area (Å²) >= 11 is 0. The highest BCUT2D eigenvalue weighted by Gasteiger charge is 2.42. The van der Waals surface area contributed by atoms with Gasteiger partial charge in [0.05, 0.1) is 0 Å². The average molecular weight is 437 g/mol. The van der Waals surface area contributed by atoms with Crippen LogP contribution in [0.1, 0.15) is 60.3 Å². The van der Waals surface area contributed by atoms with Crippen LogP contribution in [0.3, 0.4) is 0 Å². The lowest BCUT2D eigenvalue weighted by Gasteiger charge is -2.29. The summed E-state index contributed by atoms with van der Waals surface area (Å²) in [5, 5.41) is 2.99. The lowest BCUT2D eigenvalue weighted by molar-refractivity contribution is -0.127. The standard InChI is InChI=1S/C26H26F2N2O2/c1-25(2,3)29-23(31)22-20-10-6-7-11-21(20)24(32)30(22)16-18-8-4-5-9-19(18)17-12-14-26(27,28)15-13-17/h4-14,22H,15-16H2,1-3H3,(H,29,31). The van der Waals surface area contributed by atoms with E-state index in [0.29, 0.717) is 16.7 Å². The smallest absolute Gasteiger partial charge is 0.270 e. The van der Waals surface area contributed by atoms with Gasteiger partial charge in [0.15, 0.2) is 0 Å². The molecule has 1 aliphatic carbocycles. The Morgan fingerprint density at radius 3 is 2.41 bits per heavy atom. The molecule has 1 aliphatic heterocycles. The van der Waals surface area contributed by atoms with Crippen molar-refractivity contribution in [2.24, 2.45) is 0 Å². The van der Waals surface area contributed by atoms with Crippen LogP contribution in [0.25, 0.3) is 5.57 Å². The Balaban J connectivity index is 1.70. The number of rotatable bonds is 4. The highest BCUT2D eigenvalue weighted by molar-refractivity contribution is 6.04. The van der Waals surface area contributed by atoms with Gasteiger partial charge >= 0.3 is 0 Å². The number of allylic oxidation sites excluding steroid dienone is 4. The van der Waals surface area contributed by atoms with Crippen molar-refractivity contribution in [2.45, 2.75) is 51.2 Å². The van der Waals surface area contributed by atoms with Gasteiger partial charge in [0.25, 0.3) is 11.8 Å². The molecule has 2 aromatic carbocycles. The van der Waals surface area contributed by atoms with E-state index in [-0.39, 0.29) is 24.8 Å². The number of hydrogen-bond donors (Lipinski definition) is 1. The zero-order valence-electron chi connectivity index (χ0n) is 18.4. The first-order chi connectivity index (χ1) is 15.1. The first-order valence-corrected chi connectivity index (χ1v) is 10.6. The summed E-state index contributed by atoms with van der Waals surface area (Å²) in [7, 11) is 0. The Hall–Kier alpha value is -3.28. The average Bonchev–Trinajstić information content (AvgIpc) is 3.00. The molecule has 1 N–H and O–H groups in total. The van der Waals surface area contributed by atoms with E-state index in [2.05, 4.69) is 5.32 Å². The second-order valence-corrected chi connectivity index (χ2v) is 9.28. The topological polar surface area (TPSA) is 49.4 Å². The fourth-order valence-corrected chi connectivity index (χ4v) is 4.17. The Morgan fingerprint density at radius 1 is 1.09 bits per heavy atom. The molecule has 0 saturated carbocycles. The normalized spacial score (nSPS) is 19.5. The predicted molar refractivity (Wildman–Crippen MR) is 120 cm³/mol. The molecule has 4 nitrogen and oxygen atoms in total. The van der Waals surface area contributed by atoms with Gasteiger partial charge in [0.1, 0.15) is 6.04 Å². The van der Waals surface area contributed by atoms with Crippen molar-refractivity contribution in [3.63, 3.8) is 0 Å². The first-order valence-electron chi connectivity index (χ1n) is 10.6. The van der Waals surface area contributed by atoms with Crippen LogP contribution in [0.5, 0.6) is 0 Å². The fraction of sp³-hybridized carbons (Fsp3) is 0.308. The van der Waals surface area contributed by atoms with Gasteiger partial charge in [-0.1, -0.05) is 54.6 Å². The maximum absolute atomic E-state index is 13.6. The van der Waals surface area contributed by atoms with Gasteiger partial charge in [0, 0.05) is 24.1 Å². The number of carbonyl (C=O) groups is 2. The van der Waals surface area contributed by atoms with Gasteiger partial charge in [-0.15, -0.1) is 0 Å². The second kappa shape index (κ2) is 8.01. The molecule has 0 aromatic heterocycles. The SMILES string of the molecule is CC(C)(C)NC(=O)C1c2ccccc2C(=O)N1Cc1ccccc1C1=CCC(F)(F)C=C1. The highest BCUT2D eigenvalue weighted by Crippen LogP contribution is 2.37. The molecule has 2 aliphatic rings. The van der Waals surface area contributed by atoms with Crippen LogP contribution in [0.4, 0.5) is 8.78 Å². The highest BCUT2D eigenvalue weighted by atomic mass is 19.3. The van der Waals surface area contributed by atoms with E-state index >= 15 is 0 Å². The summed E-state index contributed by atoms with van der Waals surface area (Å²) in [5.41, 5.74) is 2.99. The summed E-state index contributed by atoms with van der Waals surface area (Å²) < 4.78 is 27.1. The van der Waals surface area contributed by atoms with Crippen molar-refractivity contribution in [3.05, 3.63) is 89.0 Å². The fourth-order valence-electron chi connectivity index (χ4n) is 4.17. The van der Waals surface area contributed by atoms with E-state index in [0.717, 1.165) is 17.2 Å². The van der Waals surface area contributed by atoms with Gasteiger partial charge in [-0.05, 0) is 55.2 Å². The molecule has 32 heavy (non-hydrogen) atoms. The summed E-state index contributed by atoms with van der Waals surface area (Å²) in [6.07, 6.45) is 3.49. The van der Waals surface area contributed by atoms with Crippen LogP contribution in [-0.4, -0.2) is 28.2 Å². The molecular formula is C26H26F2N2O2. The van der Waals surface area contributed by atoms with Crippen molar-refractivity contribution >= 4 is 17.4 Å². The number of nitrogens with zero attached hydrogens (tertiary/aromatic N) is 1. The molecule has 166 valence electrons. The summed E-state index contributed by atoms with van der Waals surface area (Å²) in [6, 6.07) is 13.8. The lowest BCUT2D eigenvalue weighted by Crippen LogP contribution is -2.46. The van der Waals surface area contributed by atoms with E-state index in [1.54, 1.807) is 23.1 Å². The number of hydrogen-bond acceptors (Lipinski definition) is 2. The van der Waals surface area contributed by atoms with Crippen molar-refractivity contribution in [1.82, 2.24) is 10.2 Å². The van der Waals surface area contributed by atoms with E-state index in [9.17, 15) is 18.4 Å². The molecule has 0 fully saturated rings. The van der Waals surface area contributed by atoms with Gasteiger partial charge in [-0.3, -0.25) is 9.59 Å². The van der Waals surface area contributed by atoms with Crippen molar-refractivity contribution < 1.29 is 18.4 Å². The second-order valence-electron chi connectivity index (χ2n) is 9.28. The summed E-state index contributed by atoms with van der Waals surface area (Å²) in [5.74, 6) is -3.31. The maximum Gasteiger partial charge on any atom is 0.270 e. The molecule has 1 heterocycles. The van der Waals surface area contributed by atoms with E-state index < -0.39 is 17.5 Å². The number of nitrogens with one attached hydrogen (secondary N) is 1. The van der Waals surface area contributed by atoms with Crippen LogP contribution >= 0.6 is 0 Å². The van der Waals surface area contributed by atoms with Crippen molar-refractivity contribution in [1.29, 1.82) is 0 Å². The molecular weight excluding hydrogens is 410 g/mol. The first kappa shape index (κ1) is 21.9. The summed E-state index contributed by atoms with van der Waals surface area (Å²) in [4.78, 5) is 28.1. The minimum absolute atomic E-state index is 0.188. The minimum atomic E-state index is -2.85. The van der Waals surface area contributed by atoms with Crippen LogP contribution in [-0.2, 0) is 11.3 Å². The zero-order chi connectivity index (χ0) is 23.1. The van der Waals surface area contributed by atoms with E-state index in [1.807, 2.05) is 51.1 Å². The number of carbonyl (C=O) groups excluding carboxylic acids is 2. The van der Waals surface area contributed by atoms with Crippen LogP contribution < -0.4 is 5.32 Å². The molecule has 4 rings (SSSR count). The minimum Gasteiger partial charge on any atom is -0.349 e. The maximum atomic E-state index is 13.6. The Labute approximate surface area is 186 Å². The number of fused-ring (bicyclic) bond motifs is 1. The number of alkyl halides is 2. The molecule has 0 radical (unpaired) electrons. The molecule has 2 amide bonds. The molecule has 0 saturated heterocycles. The number of halogens is 2. The third kappa shape index (κ3) is 4.35. The van der Waals surface area contributed by atoms with Crippen LogP contribution in [0.15, 0.2) is 66.8 Å². The quantitative estimate of drug-likeness (QED) is 0.709. The lowest BCUT2D eigenvalue weighted by atomic mass is 9.93. The van der Waals surface area contributed by atoms with Crippen LogP contribution in [0, 0.1) is 0 Å². The van der Waals surface area contributed by atoms with Gasteiger partial charge in [0.2, 0.25) is 5.91 Å². The van der Waals surface area contributed by atoms with Crippen molar-refractivity contribution in [2.75, 3.05) is 0 Å². The van der Waals surface area contributed by atoms with Crippen LogP contribution in [0.2, 0.25) is 0 Å². The molecule has 0 spiro atoms. The van der Waals surface area contributed by atoms with Gasteiger partial charge in [-0.2, -0.15) is 0 Å². The number of amides is 2. The third-order valence-electron chi connectivity index (χ3n) is 5.57. The summed E-state index contributed by atoms with van der Waals surface area (Å²) in [6.45, 7) is 5.87. The molecule has 6 heteroatoms. The Bertz CT molecular complexity index is 1130. The van der Waals surface area contributed by atoms with Crippen molar-refractivity contribution in [3.8, 4) is 0 Å². The largest absolute Gasteiger partial charge is 0.349 e.